The van der Waals surface area contributed by atoms with Gasteiger partial charge in [-0.25, -0.2) is 9.78 Å². The van der Waals surface area contributed by atoms with Crippen LogP contribution in [0.5, 0.6) is 0 Å². The van der Waals surface area contributed by atoms with Crippen LogP contribution in [-0.2, 0) is 4.79 Å². The van der Waals surface area contributed by atoms with E-state index < -0.39 is 5.97 Å². The highest BCUT2D eigenvalue weighted by atomic mass is 32.1. The Morgan fingerprint density at radius 1 is 1.35 bits per heavy atom. The first kappa shape index (κ1) is 14.4. The number of carbonyl (C=O) groups excluding carboxylic acids is 2. The number of rotatable bonds is 5. The smallest absolute Gasteiger partial charge is 0.356 e. The van der Waals surface area contributed by atoms with Crippen molar-refractivity contribution in [2.45, 2.75) is 19.8 Å². The van der Waals surface area contributed by atoms with Crippen LogP contribution in [0.3, 0.4) is 0 Å². The monoisotopic (exact) mass is 297 g/mol. The van der Waals surface area contributed by atoms with Gasteiger partial charge in [0.1, 0.15) is 4.88 Å². The number of likely N-dealkylation sites (tertiary alicyclic amines) is 1. The second-order valence-electron chi connectivity index (χ2n) is 4.50. The van der Waals surface area contributed by atoms with Gasteiger partial charge in [0.25, 0.3) is 0 Å². The molecule has 0 aliphatic carbocycles. The van der Waals surface area contributed by atoms with Gasteiger partial charge >= 0.3 is 5.97 Å². The van der Waals surface area contributed by atoms with Gasteiger partial charge in [-0.1, -0.05) is 11.3 Å². The minimum absolute atomic E-state index is 0.0426. The standard InChI is InChI=1S/C12H15N3O4S/c1-7(16)10-9(11(18)19)14-12(20-10)13-6-8(17)15-4-2-3-5-15/h2-6H2,1H3,(H,13,14)(H,18,19). The minimum Gasteiger partial charge on any atom is -0.476 e. The Morgan fingerprint density at radius 2 is 2.00 bits per heavy atom. The summed E-state index contributed by atoms with van der Waals surface area (Å²) in [6.07, 6.45) is 2.03. The number of Topliss-reactive ketones (excluding diaryl/α,β-unsaturated/α-hetero) is 1. The van der Waals surface area contributed by atoms with Crippen molar-refractivity contribution in [2.24, 2.45) is 0 Å². The van der Waals surface area contributed by atoms with Crippen LogP contribution < -0.4 is 5.32 Å². The lowest BCUT2D eigenvalue weighted by atomic mass is 10.3. The highest BCUT2D eigenvalue weighted by Crippen LogP contribution is 2.23. The van der Waals surface area contributed by atoms with Gasteiger partial charge in [0.15, 0.2) is 16.6 Å². The largest absolute Gasteiger partial charge is 0.476 e. The molecule has 1 saturated heterocycles. The van der Waals surface area contributed by atoms with Crippen LogP contribution in [0.4, 0.5) is 5.13 Å². The Balaban J connectivity index is 2.02. The summed E-state index contributed by atoms with van der Waals surface area (Å²) in [7, 11) is 0. The number of carbonyl (C=O) groups is 3. The second kappa shape index (κ2) is 6.00. The number of aromatic carboxylic acids is 1. The van der Waals surface area contributed by atoms with Crippen molar-refractivity contribution in [2.75, 3.05) is 25.0 Å². The molecule has 8 heteroatoms. The van der Waals surface area contributed by atoms with Crippen LogP contribution in [0.1, 0.15) is 39.9 Å². The molecular formula is C12H15N3O4S. The van der Waals surface area contributed by atoms with Crippen LogP contribution in [0.15, 0.2) is 0 Å². The van der Waals surface area contributed by atoms with E-state index in [4.69, 9.17) is 5.11 Å². The number of nitrogens with zero attached hydrogens (tertiary/aromatic N) is 2. The molecule has 0 bridgehead atoms. The lowest BCUT2D eigenvalue weighted by Gasteiger charge is -2.14. The second-order valence-corrected chi connectivity index (χ2v) is 5.50. The predicted molar refractivity (Wildman–Crippen MR) is 73.4 cm³/mol. The maximum Gasteiger partial charge on any atom is 0.356 e. The molecule has 2 N–H and O–H groups in total. The average molecular weight is 297 g/mol. The summed E-state index contributed by atoms with van der Waals surface area (Å²) in [4.78, 5) is 39.8. The topological polar surface area (TPSA) is 99.6 Å². The molecule has 108 valence electrons. The molecule has 20 heavy (non-hydrogen) atoms. The Bertz CT molecular complexity index is 517. The van der Waals surface area contributed by atoms with Crippen molar-refractivity contribution in [1.82, 2.24) is 9.88 Å². The summed E-state index contributed by atoms with van der Waals surface area (Å²) in [6, 6.07) is 0. The quantitative estimate of drug-likeness (QED) is 0.789. The molecule has 2 rings (SSSR count). The van der Waals surface area contributed by atoms with Crippen molar-refractivity contribution in [3.05, 3.63) is 10.6 Å². The lowest BCUT2D eigenvalue weighted by Crippen LogP contribution is -2.32. The van der Waals surface area contributed by atoms with E-state index in [1.807, 2.05) is 0 Å². The van der Waals surface area contributed by atoms with Gasteiger partial charge in [0.05, 0.1) is 6.54 Å². The number of hydrogen-bond donors (Lipinski definition) is 2. The van der Waals surface area contributed by atoms with E-state index in [2.05, 4.69) is 10.3 Å². The molecular weight excluding hydrogens is 282 g/mol. The number of nitrogens with one attached hydrogen (secondary N) is 1. The predicted octanol–water partition coefficient (Wildman–Crippen LogP) is 1.08. The summed E-state index contributed by atoms with van der Waals surface area (Å²) < 4.78 is 0. The molecule has 0 atom stereocenters. The zero-order valence-corrected chi connectivity index (χ0v) is 11.8. The van der Waals surface area contributed by atoms with Gasteiger partial charge in [-0.3, -0.25) is 9.59 Å². The number of carboxylic acids is 1. The summed E-state index contributed by atoms with van der Waals surface area (Å²) in [5.74, 6) is -1.64. The molecule has 0 unspecified atom stereocenters. The fraction of sp³-hybridized carbons (Fsp3) is 0.500. The third-order valence-corrected chi connectivity index (χ3v) is 4.11. The average Bonchev–Trinajstić information content (AvgIpc) is 3.05. The first-order valence-electron chi connectivity index (χ1n) is 6.25. The van der Waals surface area contributed by atoms with Crippen molar-refractivity contribution >= 4 is 34.1 Å². The first-order chi connectivity index (χ1) is 9.49. The Morgan fingerprint density at radius 3 is 2.50 bits per heavy atom. The maximum absolute atomic E-state index is 11.8. The summed E-state index contributed by atoms with van der Waals surface area (Å²) in [6.45, 7) is 2.87. The third kappa shape index (κ3) is 3.13. The van der Waals surface area contributed by atoms with E-state index in [9.17, 15) is 14.4 Å². The molecule has 0 aromatic carbocycles. The maximum atomic E-state index is 11.8. The fourth-order valence-corrected chi connectivity index (χ4v) is 2.86. The van der Waals surface area contributed by atoms with Crippen LogP contribution in [0.25, 0.3) is 0 Å². The normalized spacial score (nSPS) is 14.3. The van der Waals surface area contributed by atoms with Gasteiger partial charge in [-0.15, -0.1) is 0 Å². The van der Waals surface area contributed by atoms with E-state index in [-0.39, 0.29) is 33.9 Å². The van der Waals surface area contributed by atoms with Gasteiger partial charge in [0.2, 0.25) is 5.91 Å². The van der Waals surface area contributed by atoms with Crippen LogP contribution >= 0.6 is 11.3 Å². The summed E-state index contributed by atoms with van der Waals surface area (Å²) in [5.41, 5.74) is -0.265. The highest BCUT2D eigenvalue weighted by Gasteiger charge is 2.22. The van der Waals surface area contributed by atoms with Gasteiger partial charge < -0.3 is 15.3 Å². The number of amides is 1. The number of aromatic nitrogens is 1. The molecule has 2 heterocycles. The van der Waals surface area contributed by atoms with Crippen LogP contribution in [0.2, 0.25) is 0 Å². The van der Waals surface area contributed by atoms with E-state index in [0.29, 0.717) is 0 Å². The number of ketones is 1. The van der Waals surface area contributed by atoms with Crippen molar-refractivity contribution < 1.29 is 19.5 Å². The van der Waals surface area contributed by atoms with Gasteiger partial charge in [-0.2, -0.15) is 0 Å². The zero-order valence-electron chi connectivity index (χ0n) is 11.0. The molecule has 1 aromatic rings. The van der Waals surface area contributed by atoms with Crippen LogP contribution in [0, 0.1) is 0 Å². The molecule has 1 amide bonds. The van der Waals surface area contributed by atoms with Crippen LogP contribution in [-0.4, -0.2) is 52.3 Å². The van der Waals surface area contributed by atoms with E-state index >= 15 is 0 Å². The fourth-order valence-electron chi connectivity index (χ4n) is 2.01. The third-order valence-electron chi connectivity index (χ3n) is 3.00. The molecule has 1 aliphatic heterocycles. The molecule has 1 fully saturated rings. The molecule has 0 saturated carbocycles. The molecule has 1 aliphatic rings. The Hall–Kier alpha value is -1.96. The summed E-state index contributed by atoms with van der Waals surface area (Å²) in [5, 5.41) is 12.0. The van der Waals surface area contributed by atoms with Gasteiger partial charge in [-0.05, 0) is 12.8 Å². The Labute approximate surface area is 119 Å². The number of thiazole rings is 1. The van der Waals surface area contributed by atoms with Gasteiger partial charge in [0, 0.05) is 20.0 Å². The molecule has 1 aromatic heterocycles. The molecule has 0 spiro atoms. The van der Waals surface area contributed by atoms with E-state index in [1.54, 1.807) is 4.90 Å². The minimum atomic E-state index is -1.25. The van der Waals surface area contributed by atoms with Crippen molar-refractivity contribution in [3.63, 3.8) is 0 Å². The van der Waals surface area contributed by atoms with E-state index in [0.717, 1.165) is 37.3 Å². The number of hydrogen-bond acceptors (Lipinski definition) is 6. The molecule has 0 radical (unpaired) electrons. The first-order valence-corrected chi connectivity index (χ1v) is 7.07. The number of carboxylic acid groups (broad SMARTS) is 1. The Kier molecular flexibility index (Phi) is 4.33. The van der Waals surface area contributed by atoms with Crippen molar-refractivity contribution in [3.8, 4) is 0 Å². The summed E-state index contributed by atoms with van der Waals surface area (Å²) >= 11 is 0.957. The zero-order chi connectivity index (χ0) is 14.7. The lowest BCUT2D eigenvalue weighted by molar-refractivity contribution is -0.128. The highest BCUT2D eigenvalue weighted by molar-refractivity contribution is 7.17. The van der Waals surface area contributed by atoms with Crippen molar-refractivity contribution in [1.29, 1.82) is 0 Å². The SMILES string of the molecule is CC(=O)c1sc(NCC(=O)N2CCCC2)nc1C(=O)O. The number of anilines is 1. The van der Waals surface area contributed by atoms with E-state index in [1.165, 1.54) is 6.92 Å². The molecule has 7 nitrogen and oxygen atoms in total.